The van der Waals surface area contributed by atoms with Gasteiger partial charge in [0.15, 0.2) is 0 Å². The van der Waals surface area contributed by atoms with Gasteiger partial charge in [0.1, 0.15) is 17.6 Å². The van der Waals surface area contributed by atoms with E-state index in [2.05, 4.69) is 4.90 Å². The van der Waals surface area contributed by atoms with Crippen LogP contribution in [-0.4, -0.2) is 29.8 Å². The number of aliphatic hydroxyl groups is 1. The third kappa shape index (κ3) is 3.40. The van der Waals surface area contributed by atoms with Crippen LogP contribution in [0.1, 0.15) is 29.2 Å². The van der Waals surface area contributed by atoms with Crippen molar-refractivity contribution in [1.82, 2.24) is 4.90 Å². The van der Waals surface area contributed by atoms with Gasteiger partial charge in [0.25, 0.3) is 0 Å². The van der Waals surface area contributed by atoms with Gasteiger partial charge in [-0.1, -0.05) is 18.2 Å². The number of benzene rings is 2. The Labute approximate surface area is 140 Å². The van der Waals surface area contributed by atoms with Crippen LogP contribution in [0.5, 0.6) is 5.75 Å². The number of nitrogens with zero attached hydrogens (tertiary/aromatic N) is 2. The molecule has 0 bridgehead atoms. The summed E-state index contributed by atoms with van der Waals surface area (Å²) in [6.07, 6.45) is 0.233. The smallest absolute Gasteiger partial charge is 0.140 e. The average Bonchev–Trinajstić information content (AvgIpc) is 2.97. The lowest BCUT2D eigenvalue weighted by molar-refractivity contribution is 0.172. The van der Waals surface area contributed by atoms with Crippen LogP contribution in [0.4, 0.5) is 4.39 Å². The zero-order chi connectivity index (χ0) is 17.1. The fraction of sp³-hybridized carbons (Fsp3) is 0.316. The molecule has 24 heavy (non-hydrogen) atoms. The molecular weight excluding hydrogens is 307 g/mol. The van der Waals surface area contributed by atoms with Gasteiger partial charge in [0, 0.05) is 19.1 Å². The van der Waals surface area contributed by atoms with Gasteiger partial charge < -0.3 is 9.84 Å². The van der Waals surface area contributed by atoms with Gasteiger partial charge in [0.2, 0.25) is 0 Å². The van der Waals surface area contributed by atoms with E-state index in [1.54, 1.807) is 19.2 Å². The molecule has 5 heteroatoms. The lowest BCUT2D eigenvalue weighted by Gasteiger charge is -2.25. The molecule has 2 aromatic rings. The Hall–Kier alpha value is -2.42. The topological polar surface area (TPSA) is 56.5 Å². The van der Waals surface area contributed by atoms with E-state index < -0.39 is 11.9 Å². The highest BCUT2D eigenvalue weighted by atomic mass is 19.1. The van der Waals surface area contributed by atoms with Crippen LogP contribution >= 0.6 is 0 Å². The molecule has 0 radical (unpaired) electrons. The van der Waals surface area contributed by atoms with Crippen LogP contribution in [0.2, 0.25) is 0 Å². The van der Waals surface area contributed by atoms with Gasteiger partial charge in [0.05, 0.1) is 18.8 Å². The van der Waals surface area contributed by atoms with E-state index in [4.69, 9.17) is 10.00 Å². The maximum atomic E-state index is 13.5. The highest BCUT2D eigenvalue weighted by Gasteiger charge is 2.32. The van der Waals surface area contributed by atoms with Crippen molar-refractivity contribution in [3.63, 3.8) is 0 Å². The van der Waals surface area contributed by atoms with Crippen molar-refractivity contribution in [2.75, 3.05) is 13.7 Å². The molecule has 1 aliphatic heterocycles. The Morgan fingerprint density at radius 1 is 1.33 bits per heavy atom. The second-order valence-electron chi connectivity index (χ2n) is 6.04. The first kappa shape index (κ1) is 16.4. The molecule has 2 aromatic carbocycles. The molecule has 0 aromatic heterocycles. The van der Waals surface area contributed by atoms with Crippen LogP contribution in [0.15, 0.2) is 42.5 Å². The lowest BCUT2D eigenvalue weighted by Crippen LogP contribution is -2.24. The Bertz CT molecular complexity index is 772. The number of nitriles is 1. The maximum absolute atomic E-state index is 13.5. The fourth-order valence-corrected chi connectivity index (χ4v) is 3.24. The number of methoxy groups -OCH3 is 1. The third-order valence-electron chi connectivity index (χ3n) is 4.40. The van der Waals surface area contributed by atoms with Crippen molar-refractivity contribution in [2.24, 2.45) is 0 Å². The molecule has 3 rings (SSSR count). The Kier molecular flexibility index (Phi) is 4.79. The number of rotatable bonds is 4. The van der Waals surface area contributed by atoms with Gasteiger partial charge in [-0.05, 0) is 41.8 Å². The standard InChI is InChI=1S/C19H19FN2O2/c1-24-17-4-2-3-14(8-17)19-9-16(23)12-22(19)11-13-5-6-18(20)15(7-13)10-21/h2-8,16,19,23H,9,11-12H2,1H3. The normalized spacial score (nSPS) is 20.8. The molecule has 0 amide bonds. The Morgan fingerprint density at radius 3 is 2.92 bits per heavy atom. The molecular formula is C19H19FN2O2. The SMILES string of the molecule is COc1cccc(C2CC(O)CN2Cc2ccc(F)c(C#N)c2)c1. The Morgan fingerprint density at radius 2 is 2.17 bits per heavy atom. The second-order valence-corrected chi connectivity index (χ2v) is 6.04. The molecule has 4 nitrogen and oxygen atoms in total. The summed E-state index contributed by atoms with van der Waals surface area (Å²) in [7, 11) is 1.63. The van der Waals surface area contributed by atoms with Crippen LogP contribution < -0.4 is 4.74 Å². The van der Waals surface area contributed by atoms with E-state index in [9.17, 15) is 9.50 Å². The second kappa shape index (κ2) is 7.00. The molecule has 2 unspecified atom stereocenters. The summed E-state index contributed by atoms with van der Waals surface area (Å²) in [5.41, 5.74) is 1.98. The van der Waals surface area contributed by atoms with E-state index in [0.29, 0.717) is 19.5 Å². The highest BCUT2D eigenvalue weighted by molar-refractivity contribution is 5.35. The number of halogens is 1. The van der Waals surface area contributed by atoms with Crippen molar-refractivity contribution < 1.29 is 14.2 Å². The van der Waals surface area contributed by atoms with Crippen molar-refractivity contribution in [2.45, 2.75) is 25.1 Å². The summed E-state index contributed by atoms with van der Waals surface area (Å²) in [5, 5.41) is 19.1. The summed E-state index contributed by atoms with van der Waals surface area (Å²) in [6, 6.07) is 14.3. The summed E-state index contributed by atoms with van der Waals surface area (Å²) >= 11 is 0. The van der Waals surface area contributed by atoms with Crippen molar-refractivity contribution in [3.05, 3.63) is 65.0 Å². The monoisotopic (exact) mass is 326 g/mol. The average molecular weight is 326 g/mol. The maximum Gasteiger partial charge on any atom is 0.140 e. The molecule has 1 aliphatic rings. The van der Waals surface area contributed by atoms with E-state index in [-0.39, 0.29) is 11.6 Å². The molecule has 1 heterocycles. The van der Waals surface area contributed by atoms with Gasteiger partial charge in [-0.2, -0.15) is 5.26 Å². The molecule has 1 N–H and O–H groups in total. The summed E-state index contributed by atoms with van der Waals surface area (Å²) in [4.78, 5) is 2.15. The predicted octanol–water partition coefficient (Wildman–Crippen LogP) is 3.01. The summed E-state index contributed by atoms with van der Waals surface area (Å²) < 4.78 is 18.8. The van der Waals surface area contributed by atoms with Crippen molar-refractivity contribution >= 4 is 0 Å². The first-order valence-corrected chi connectivity index (χ1v) is 7.85. The number of likely N-dealkylation sites (tertiary alicyclic amines) is 1. The molecule has 0 saturated carbocycles. The Balaban J connectivity index is 1.84. The number of aliphatic hydroxyl groups excluding tert-OH is 1. The van der Waals surface area contributed by atoms with Crippen LogP contribution in [0.25, 0.3) is 0 Å². The van der Waals surface area contributed by atoms with Crippen molar-refractivity contribution in [3.8, 4) is 11.8 Å². The van der Waals surface area contributed by atoms with E-state index in [1.807, 2.05) is 30.3 Å². The van der Waals surface area contributed by atoms with Crippen LogP contribution in [-0.2, 0) is 6.54 Å². The van der Waals surface area contributed by atoms with Gasteiger partial charge in [-0.3, -0.25) is 4.90 Å². The quantitative estimate of drug-likeness (QED) is 0.938. The number of β-amino-alcohol motifs (C(OH)–C–C–N with tert-alkyl or cyclic N) is 1. The molecule has 0 spiro atoms. The lowest BCUT2D eigenvalue weighted by atomic mass is 10.0. The van der Waals surface area contributed by atoms with E-state index in [0.717, 1.165) is 16.9 Å². The summed E-state index contributed by atoms with van der Waals surface area (Å²) in [6.45, 7) is 1.09. The zero-order valence-electron chi connectivity index (χ0n) is 13.4. The number of ether oxygens (including phenoxy) is 1. The predicted molar refractivity (Wildman–Crippen MR) is 87.9 cm³/mol. The first-order chi connectivity index (χ1) is 11.6. The minimum Gasteiger partial charge on any atom is -0.497 e. The largest absolute Gasteiger partial charge is 0.497 e. The minimum atomic E-state index is -0.507. The van der Waals surface area contributed by atoms with Gasteiger partial charge in [-0.15, -0.1) is 0 Å². The number of hydrogen-bond donors (Lipinski definition) is 1. The van der Waals surface area contributed by atoms with E-state index >= 15 is 0 Å². The third-order valence-corrected chi connectivity index (χ3v) is 4.40. The van der Waals surface area contributed by atoms with Crippen LogP contribution in [0, 0.1) is 17.1 Å². The fourth-order valence-electron chi connectivity index (χ4n) is 3.24. The number of hydrogen-bond acceptors (Lipinski definition) is 4. The molecule has 1 fully saturated rings. The summed E-state index contributed by atoms with van der Waals surface area (Å²) in [5.74, 6) is 0.273. The molecule has 2 atom stereocenters. The van der Waals surface area contributed by atoms with Crippen LogP contribution in [0.3, 0.4) is 0 Å². The minimum absolute atomic E-state index is 0.0465. The zero-order valence-corrected chi connectivity index (χ0v) is 13.4. The first-order valence-electron chi connectivity index (χ1n) is 7.85. The molecule has 0 aliphatic carbocycles. The highest BCUT2D eigenvalue weighted by Crippen LogP contribution is 2.34. The molecule has 124 valence electrons. The van der Waals surface area contributed by atoms with Gasteiger partial charge in [-0.25, -0.2) is 4.39 Å². The van der Waals surface area contributed by atoms with Crippen molar-refractivity contribution in [1.29, 1.82) is 5.26 Å². The molecule has 1 saturated heterocycles. The van der Waals surface area contributed by atoms with Gasteiger partial charge >= 0.3 is 0 Å². The van der Waals surface area contributed by atoms with E-state index in [1.165, 1.54) is 6.07 Å².